The SMILES string of the molecule is Cc1ccc(F)cc1NC(=O)/C=C/c1c(C)nn(Cc2ccccc2)c1Cl. The first-order valence-electron chi connectivity index (χ1n) is 8.46. The van der Waals surface area contributed by atoms with Gasteiger partial charge in [0, 0.05) is 17.3 Å². The zero-order valence-electron chi connectivity index (χ0n) is 15.0. The minimum Gasteiger partial charge on any atom is -0.322 e. The maximum absolute atomic E-state index is 13.3. The summed E-state index contributed by atoms with van der Waals surface area (Å²) in [5.41, 5.74) is 3.70. The second kappa shape index (κ2) is 8.18. The van der Waals surface area contributed by atoms with Crippen LogP contribution < -0.4 is 5.32 Å². The van der Waals surface area contributed by atoms with E-state index in [0.29, 0.717) is 22.9 Å². The molecule has 0 aliphatic heterocycles. The zero-order chi connectivity index (χ0) is 19.4. The maximum atomic E-state index is 13.3. The highest BCUT2D eigenvalue weighted by atomic mass is 35.5. The molecule has 0 saturated heterocycles. The van der Waals surface area contributed by atoms with E-state index in [1.54, 1.807) is 23.7 Å². The summed E-state index contributed by atoms with van der Waals surface area (Å²) < 4.78 is 15.0. The quantitative estimate of drug-likeness (QED) is 0.631. The lowest BCUT2D eigenvalue weighted by Crippen LogP contribution is -2.09. The zero-order valence-corrected chi connectivity index (χ0v) is 15.8. The molecule has 6 heteroatoms. The van der Waals surface area contributed by atoms with Gasteiger partial charge in [-0.05, 0) is 43.2 Å². The van der Waals surface area contributed by atoms with Crippen LogP contribution in [0, 0.1) is 19.7 Å². The number of hydrogen-bond acceptors (Lipinski definition) is 2. The van der Waals surface area contributed by atoms with E-state index in [4.69, 9.17) is 11.6 Å². The number of nitrogens with zero attached hydrogens (tertiary/aromatic N) is 2. The number of anilines is 1. The van der Waals surface area contributed by atoms with Gasteiger partial charge in [-0.1, -0.05) is 48.0 Å². The van der Waals surface area contributed by atoms with Crippen LogP contribution in [-0.2, 0) is 11.3 Å². The molecule has 0 fully saturated rings. The Kier molecular flexibility index (Phi) is 5.72. The van der Waals surface area contributed by atoms with Gasteiger partial charge in [-0.25, -0.2) is 9.07 Å². The Hall–Kier alpha value is -2.92. The van der Waals surface area contributed by atoms with Gasteiger partial charge in [-0.2, -0.15) is 5.10 Å². The molecule has 0 atom stereocenters. The second-order valence-corrected chi connectivity index (χ2v) is 6.57. The molecule has 1 aromatic heterocycles. The molecule has 0 unspecified atom stereocenters. The fourth-order valence-electron chi connectivity index (χ4n) is 2.68. The van der Waals surface area contributed by atoms with Crippen molar-refractivity contribution >= 4 is 29.3 Å². The molecule has 1 amide bonds. The van der Waals surface area contributed by atoms with Crippen molar-refractivity contribution in [1.29, 1.82) is 0 Å². The fourth-order valence-corrected chi connectivity index (χ4v) is 2.98. The summed E-state index contributed by atoms with van der Waals surface area (Å²) in [6.45, 7) is 4.18. The molecule has 138 valence electrons. The Morgan fingerprint density at radius 1 is 1.22 bits per heavy atom. The normalized spacial score (nSPS) is 11.1. The Labute approximate surface area is 162 Å². The molecule has 27 heavy (non-hydrogen) atoms. The van der Waals surface area contributed by atoms with E-state index in [1.165, 1.54) is 18.2 Å². The van der Waals surface area contributed by atoms with E-state index in [-0.39, 0.29) is 5.91 Å². The topological polar surface area (TPSA) is 46.9 Å². The van der Waals surface area contributed by atoms with Crippen LogP contribution in [0.25, 0.3) is 6.08 Å². The number of amides is 1. The summed E-state index contributed by atoms with van der Waals surface area (Å²) in [5.74, 6) is -0.768. The summed E-state index contributed by atoms with van der Waals surface area (Å²) in [7, 11) is 0. The van der Waals surface area contributed by atoms with Crippen LogP contribution >= 0.6 is 11.6 Å². The highest BCUT2D eigenvalue weighted by molar-refractivity contribution is 6.31. The Bertz CT molecular complexity index is 996. The smallest absolute Gasteiger partial charge is 0.248 e. The number of hydrogen-bond donors (Lipinski definition) is 1. The molecule has 0 aliphatic carbocycles. The maximum Gasteiger partial charge on any atom is 0.248 e. The van der Waals surface area contributed by atoms with Crippen LogP contribution in [0.15, 0.2) is 54.6 Å². The van der Waals surface area contributed by atoms with Crippen molar-refractivity contribution in [2.24, 2.45) is 0 Å². The summed E-state index contributed by atoms with van der Waals surface area (Å²) in [6.07, 6.45) is 2.99. The first-order chi connectivity index (χ1) is 12.9. The molecule has 0 radical (unpaired) electrons. The molecule has 2 aromatic carbocycles. The largest absolute Gasteiger partial charge is 0.322 e. The monoisotopic (exact) mass is 383 g/mol. The second-order valence-electron chi connectivity index (χ2n) is 6.21. The number of carbonyl (C=O) groups is 1. The highest BCUT2D eigenvalue weighted by Gasteiger charge is 2.12. The lowest BCUT2D eigenvalue weighted by molar-refractivity contribution is -0.111. The first-order valence-corrected chi connectivity index (χ1v) is 8.84. The van der Waals surface area contributed by atoms with E-state index in [0.717, 1.165) is 16.8 Å². The number of aromatic nitrogens is 2. The highest BCUT2D eigenvalue weighted by Crippen LogP contribution is 2.22. The summed E-state index contributed by atoms with van der Waals surface area (Å²) in [5, 5.41) is 7.58. The number of benzene rings is 2. The number of rotatable bonds is 5. The lowest BCUT2D eigenvalue weighted by Gasteiger charge is -2.06. The molecule has 0 aliphatic rings. The minimum absolute atomic E-state index is 0.366. The molecule has 1 N–H and O–H groups in total. The van der Waals surface area contributed by atoms with Gasteiger partial charge in [-0.15, -0.1) is 0 Å². The molecule has 3 rings (SSSR count). The van der Waals surface area contributed by atoms with Crippen LogP contribution in [0.1, 0.15) is 22.4 Å². The van der Waals surface area contributed by atoms with Gasteiger partial charge in [0.15, 0.2) is 0 Å². The third-order valence-electron chi connectivity index (χ3n) is 4.14. The van der Waals surface area contributed by atoms with Crippen LogP contribution in [-0.4, -0.2) is 15.7 Å². The van der Waals surface area contributed by atoms with Gasteiger partial charge >= 0.3 is 0 Å². The third kappa shape index (κ3) is 4.63. The molecule has 3 aromatic rings. The van der Waals surface area contributed by atoms with Crippen molar-refractivity contribution in [2.75, 3.05) is 5.32 Å². The van der Waals surface area contributed by atoms with Crippen molar-refractivity contribution in [3.63, 3.8) is 0 Å². The van der Waals surface area contributed by atoms with Crippen molar-refractivity contribution in [1.82, 2.24) is 9.78 Å². The van der Waals surface area contributed by atoms with E-state index < -0.39 is 5.82 Å². The van der Waals surface area contributed by atoms with Crippen LogP contribution in [0.4, 0.5) is 10.1 Å². The van der Waals surface area contributed by atoms with Crippen LogP contribution in [0.2, 0.25) is 5.15 Å². The van der Waals surface area contributed by atoms with Gasteiger partial charge in [0.2, 0.25) is 5.91 Å². The molecule has 0 saturated carbocycles. The van der Waals surface area contributed by atoms with E-state index >= 15 is 0 Å². The van der Waals surface area contributed by atoms with Crippen LogP contribution in [0.3, 0.4) is 0 Å². The summed E-state index contributed by atoms with van der Waals surface area (Å²) in [6, 6.07) is 14.1. The predicted octanol–water partition coefficient (Wildman–Crippen LogP) is 4.99. The molecule has 4 nitrogen and oxygen atoms in total. The number of aryl methyl sites for hydroxylation is 2. The van der Waals surface area contributed by atoms with Crippen molar-refractivity contribution in [3.05, 3.63) is 88.0 Å². The van der Waals surface area contributed by atoms with Crippen molar-refractivity contribution < 1.29 is 9.18 Å². The van der Waals surface area contributed by atoms with Crippen molar-refractivity contribution in [3.8, 4) is 0 Å². The molecule has 1 heterocycles. The van der Waals surface area contributed by atoms with Crippen LogP contribution in [0.5, 0.6) is 0 Å². The standard InChI is InChI=1S/C21H19ClFN3O/c1-14-8-9-17(23)12-19(14)24-20(27)11-10-18-15(2)25-26(21(18)22)13-16-6-4-3-5-7-16/h3-12H,13H2,1-2H3,(H,24,27)/b11-10+. The molecule has 0 bridgehead atoms. The number of carbonyl (C=O) groups excluding carboxylic acids is 1. The van der Waals surface area contributed by atoms with Crippen molar-refractivity contribution in [2.45, 2.75) is 20.4 Å². The molecular weight excluding hydrogens is 365 g/mol. The number of halogens is 2. The average Bonchev–Trinajstić information content (AvgIpc) is 2.90. The third-order valence-corrected chi connectivity index (χ3v) is 4.54. The minimum atomic E-state index is -0.402. The first kappa shape index (κ1) is 18.9. The molecular formula is C21H19ClFN3O. The summed E-state index contributed by atoms with van der Waals surface area (Å²) in [4.78, 5) is 12.2. The van der Waals surface area contributed by atoms with E-state index in [1.807, 2.05) is 37.3 Å². The predicted molar refractivity (Wildman–Crippen MR) is 106 cm³/mol. The Morgan fingerprint density at radius 2 is 1.96 bits per heavy atom. The van der Waals surface area contributed by atoms with Gasteiger partial charge in [0.1, 0.15) is 11.0 Å². The Morgan fingerprint density at radius 3 is 2.70 bits per heavy atom. The Balaban J connectivity index is 1.75. The lowest BCUT2D eigenvalue weighted by atomic mass is 10.2. The van der Waals surface area contributed by atoms with Gasteiger partial charge in [-0.3, -0.25) is 4.79 Å². The average molecular weight is 384 g/mol. The fraction of sp³-hybridized carbons (Fsp3) is 0.143. The van der Waals surface area contributed by atoms with Gasteiger partial charge < -0.3 is 5.32 Å². The number of nitrogens with one attached hydrogen (secondary N) is 1. The van der Waals surface area contributed by atoms with E-state index in [2.05, 4.69) is 10.4 Å². The van der Waals surface area contributed by atoms with E-state index in [9.17, 15) is 9.18 Å². The van der Waals surface area contributed by atoms with Gasteiger partial charge in [0.05, 0.1) is 12.2 Å². The summed E-state index contributed by atoms with van der Waals surface area (Å²) >= 11 is 6.44. The molecule has 0 spiro atoms. The van der Waals surface area contributed by atoms with Gasteiger partial charge in [0.25, 0.3) is 0 Å².